The maximum atomic E-state index is 12.9. The Morgan fingerprint density at radius 2 is 1.87 bits per heavy atom. The maximum absolute atomic E-state index is 12.9. The second-order valence-electron chi connectivity index (χ2n) is 6.44. The summed E-state index contributed by atoms with van der Waals surface area (Å²) in [4.78, 5) is 12.1. The van der Waals surface area contributed by atoms with Crippen molar-refractivity contribution < 1.29 is 31.1 Å². The zero-order valence-corrected chi connectivity index (χ0v) is 18.4. The van der Waals surface area contributed by atoms with Crippen LogP contribution in [0, 0.1) is 0 Å². The third-order valence-corrected chi connectivity index (χ3v) is 6.16. The van der Waals surface area contributed by atoms with E-state index >= 15 is 0 Å². The molecule has 0 fully saturated rings. The molecule has 0 unspecified atom stereocenters. The second-order valence-corrected chi connectivity index (χ2v) is 8.97. The van der Waals surface area contributed by atoms with Gasteiger partial charge in [-0.25, -0.2) is 12.7 Å². The highest BCUT2D eigenvalue weighted by molar-refractivity contribution is 7.89. The first-order chi connectivity index (χ1) is 14.4. The zero-order chi connectivity index (χ0) is 23.4. The summed E-state index contributed by atoms with van der Waals surface area (Å²) in [6.07, 6.45) is -2.41. The highest BCUT2D eigenvalue weighted by atomic mass is 35.5. The fraction of sp³-hybridized carbons (Fsp3) is 0.250. The Bertz CT molecular complexity index is 1100. The average Bonchev–Trinajstić information content (AvgIpc) is 2.67. The number of anilines is 1. The topological polar surface area (TPSA) is 75.7 Å². The molecule has 2 rings (SSSR count). The van der Waals surface area contributed by atoms with Gasteiger partial charge in [-0.3, -0.25) is 4.79 Å². The van der Waals surface area contributed by atoms with E-state index in [4.69, 9.17) is 16.3 Å². The van der Waals surface area contributed by atoms with Gasteiger partial charge in [0.15, 0.2) is 0 Å². The number of sulfonamides is 1. The van der Waals surface area contributed by atoms with Crippen LogP contribution in [0.4, 0.5) is 18.9 Å². The van der Waals surface area contributed by atoms with E-state index in [9.17, 15) is 26.4 Å². The summed E-state index contributed by atoms with van der Waals surface area (Å²) in [7, 11) is -1.12. The number of nitrogens with zero attached hydrogens (tertiary/aromatic N) is 1. The highest BCUT2D eigenvalue weighted by Gasteiger charge is 2.33. The Morgan fingerprint density at radius 1 is 1.19 bits per heavy atom. The van der Waals surface area contributed by atoms with Crippen LogP contribution in [0.1, 0.15) is 18.1 Å². The number of hydrogen-bond acceptors (Lipinski definition) is 4. The molecule has 0 saturated carbocycles. The van der Waals surface area contributed by atoms with E-state index in [1.165, 1.54) is 44.4 Å². The monoisotopic (exact) mass is 476 g/mol. The summed E-state index contributed by atoms with van der Waals surface area (Å²) < 4.78 is 70.3. The standard InChI is InChI=1S/C20H20ClF3N2O4S/c1-4-30-17-9-7-14(12-18(17)31(28,29)26(2)3)25-19(27)10-6-13-5-8-16(21)15(11-13)20(22,23)24/h5-12H,4H2,1-3H3,(H,25,27)/b10-6+. The van der Waals surface area contributed by atoms with Gasteiger partial charge in [-0.15, -0.1) is 0 Å². The van der Waals surface area contributed by atoms with Crippen LogP contribution in [0.3, 0.4) is 0 Å². The quantitative estimate of drug-likeness (QED) is 0.590. The van der Waals surface area contributed by atoms with Crippen LogP contribution in [0.15, 0.2) is 47.4 Å². The van der Waals surface area contributed by atoms with E-state index in [0.29, 0.717) is 0 Å². The number of hydrogen-bond donors (Lipinski definition) is 1. The molecule has 0 aliphatic heterocycles. The van der Waals surface area contributed by atoms with Crippen LogP contribution in [-0.4, -0.2) is 39.3 Å². The highest BCUT2D eigenvalue weighted by Crippen LogP contribution is 2.35. The Labute approximate surface area is 183 Å². The number of amides is 1. The lowest BCUT2D eigenvalue weighted by atomic mass is 10.1. The third kappa shape index (κ3) is 6.22. The van der Waals surface area contributed by atoms with Crippen LogP contribution < -0.4 is 10.1 Å². The second kappa shape index (κ2) is 9.71. The SMILES string of the molecule is CCOc1ccc(NC(=O)/C=C/c2ccc(Cl)c(C(F)(F)F)c2)cc1S(=O)(=O)N(C)C. The van der Waals surface area contributed by atoms with Crippen molar-refractivity contribution >= 4 is 39.3 Å². The molecule has 168 valence electrons. The Morgan fingerprint density at radius 3 is 2.45 bits per heavy atom. The van der Waals surface area contributed by atoms with Gasteiger partial charge < -0.3 is 10.1 Å². The van der Waals surface area contributed by atoms with E-state index in [1.54, 1.807) is 6.92 Å². The minimum atomic E-state index is -4.63. The van der Waals surface area contributed by atoms with E-state index in [-0.39, 0.29) is 28.5 Å². The molecule has 0 saturated heterocycles. The van der Waals surface area contributed by atoms with E-state index in [1.807, 2.05) is 0 Å². The van der Waals surface area contributed by atoms with Crippen LogP contribution in [0.2, 0.25) is 5.02 Å². The van der Waals surface area contributed by atoms with Gasteiger partial charge in [0, 0.05) is 25.9 Å². The molecule has 11 heteroatoms. The van der Waals surface area contributed by atoms with Gasteiger partial charge in [0.05, 0.1) is 17.2 Å². The molecule has 2 aromatic carbocycles. The number of carbonyl (C=O) groups excluding carboxylic acids is 1. The molecular weight excluding hydrogens is 457 g/mol. The fourth-order valence-corrected chi connectivity index (χ4v) is 3.75. The fourth-order valence-electron chi connectivity index (χ4n) is 2.48. The van der Waals surface area contributed by atoms with Crippen molar-refractivity contribution in [2.24, 2.45) is 0 Å². The molecule has 0 bridgehead atoms. The van der Waals surface area contributed by atoms with Crippen molar-refractivity contribution in [3.05, 3.63) is 58.6 Å². The summed E-state index contributed by atoms with van der Waals surface area (Å²) in [5.41, 5.74) is -0.721. The first-order valence-electron chi connectivity index (χ1n) is 8.91. The summed E-state index contributed by atoms with van der Waals surface area (Å²) in [5, 5.41) is 2.03. The summed E-state index contributed by atoms with van der Waals surface area (Å²) in [6.45, 7) is 1.94. The van der Waals surface area contributed by atoms with Crippen molar-refractivity contribution in [3.8, 4) is 5.75 Å². The Kier molecular flexibility index (Phi) is 7.74. The van der Waals surface area contributed by atoms with Crippen molar-refractivity contribution in [3.63, 3.8) is 0 Å². The lowest BCUT2D eigenvalue weighted by Crippen LogP contribution is -2.23. The zero-order valence-electron chi connectivity index (χ0n) is 16.8. The number of halogens is 4. The largest absolute Gasteiger partial charge is 0.492 e. The first-order valence-corrected chi connectivity index (χ1v) is 10.7. The average molecular weight is 477 g/mol. The first kappa shape index (κ1) is 24.7. The van der Waals surface area contributed by atoms with E-state index in [2.05, 4.69) is 5.32 Å². The van der Waals surface area contributed by atoms with Crippen LogP contribution in [-0.2, 0) is 21.0 Å². The third-order valence-electron chi connectivity index (χ3n) is 3.99. The van der Waals surface area contributed by atoms with Gasteiger partial charge in [-0.05, 0) is 48.9 Å². The van der Waals surface area contributed by atoms with Crippen LogP contribution in [0.5, 0.6) is 5.75 Å². The molecule has 0 aliphatic rings. The molecule has 2 aromatic rings. The van der Waals surface area contributed by atoms with Crippen molar-refractivity contribution in [1.29, 1.82) is 0 Å². The van der Waals surface area contributed by atoms with Gasteiger partial charge in [0.25, 0.3) is 0 Å². The molecule has 0 aliphatic carbocycles. The predicted octanol–water partition coefficient (Wildman–Crippen LogP) is 4.66. The minimum Gasteiger partial charge on any atom is -0.492 e. The van der Waals surface area contributed by atoms with Crippen LogP contribution in [0.25, 0.3) is 6.08 Å². The molecule has 0 aromatic heterocycles. The van der Waals surface area contributed by atoms with E-state index in [0.717, 1.165) is 22.5 Å². The summed E-state index contributed by atoms with van der Waals surface area (Å²) >= 11 is 5.57. The minimum absolute atomic E-state index is 0.120. The molecule has 0 heterocycles. The van der Waals surface area contributed by atoms with Gasteiger partial charge in [-0.2, -0.15) is 13.2 Å². The lowest BCUT2D eigenvalue weighted by Gasteiger charge is -2.16. The number of alkyl halides is 3. The number of nitrogens with one attached hydrogen (secondary N) is 1. The summed E-state index contributed by atoms with van der Waals surface area (Å²) in [5.74, 6) is -0.536. The van der Waals surface area contributed by atoms with Crippen molar-refractivity contribution in [2.75, 3.05) is 26.0 Å². The van der Waals surface area contributed by atoms with Gasteiger partial charge in [0.2, 0.25) is 15.9 Å². The normalized spacial score (nSPS) is 12.4. The maximum Gasteiger partial charge on any atom is 0.417 e. The van der Waals surface area contributed by atoms with Crippen molar-refractivity contribution in [2.45, 2.75) is 18.0 Å². The number of rotatable bonds is 7. The van der Waals surface area contributed by atoms with E-state index < -0.39 is 32.7 Å². The van der Waals surface area contributed by atoms with Crippen molar-refractivity contribution in [1.82, 2.24) is 4.31 Å². The van der Waals surface area contributed by atoms with Crippen LogP contribution >= 0.6 is 11.6 Å². The molecule has 1 amide bonds. The molecule has 31 heavy (non-hydrogen) atoms. The Hall–Kier alpha value is -2.56. The predicted molar refractivity (Wildman–Crippen MR) is 113 cm³/mol. The summed E-state index contributed by atoms with van der Waals surface area (Å²) in [6, 6.07) is 7.36. The molecule has 0 radical (unpaired) electrons. The molecule has 1 N–H and O–H groups in total. The number of carbonyl (C=O) groups is 1. The molecule has 6 nitrogen and oxygen atoms in total. The number of benzene rings is 2. The lowest BCUT2D eigenvalue weighted by molar-refractivity contribution is -0.137. The Balaban J connectivity index is 2.26. The van der Waals surface area contributed by atoms with Gasteiger partial charge >= 0.3 is 6.18 Å². The van der Waals surface area contributed by atoms with Gasteiger partial charge in [0.1, 0.15) is 10.6 Å². The molecule has 0 atom stereocenters. The number of ether oxygens (including phenoxy) is 1. The molecular formula is C20H20ClF3N2O4S. The smallest absolute Gasteiger partial charge is 0.417 e. The molecule has 0 spiro atoms. The van der Waals surface area contributed by atoms with Gasteiger partial charge in [-0.1, -0.05) is 17.7 Å².